The molecule has 4 nitrogen and oxygen atoms in total. The van der Waals surface area contributed by atoms with Crippen LogP contribution in [0.1, 0.15) is 31.0 Å². The van der Waals surface area contributed by atoms with Crippen LogP contribution in [0.15, 0.2) is 17.2 Å². The lowest BCUT2D eigenvalue weighted by molar-refractivity contribution is 0.404. The van der Waals surface area contributed by atoms with Crippen molar-refractivity contribution in [3.8, 4) is 0 Å². The van der Waals surface area contributed by atoms with E-state index in [9.17, 15) is 4.79 Å². The van der Waals surface area contributed by atoms with Gasteiger partial charge in [-0.05, 0) is 19.4 Å². The highest BCUT2D eigenvalue weighted by Crippen LogP contribution is 2.19. The molecule has 1 aromatic rings. The van der Waals surface area contributed by atoms with Gasteiger partial charge in [-0.3, -0.25) is 4.79 Å². The zero-order valence-electron chi connectivity index (χ0n) is 7.42. The van der Waals surface area contributed by atoms with Crippen LogP contribution in [0.4, 0.5) is 0 Å². The van der Waals surface area contributed by atoms with Crippen LogP contribution in [0.5, 0.6) is 0 Å². The van der Waals surface area contributed by atoms with E-state index < -0.39 is 0 Å². The lowest BCUT2D eigenvalue weighted by atomic mass is 10.0. The molecule has 0 saturated carbocycles. The van der Waals surface area contributed by atoms with Crippen LogP contribution in [-0.4, -0.2) is 16.5 Å². The fraction of sp³-hybridized carbons (Fsp3) is 0.556. The first-order valence-corrected chi connectivity index (χ1v) is 4.64. The highest BCUT2D eigenvalue weighted by molar-refractivity contribution is 5.05. The van der Waals surface area contributed by atoms with Crippen molar-refractivity contribution in [2.45, 2.75) is 25.3 Å². The van der Waals surface area contributed by atoms with Crippen LogP contribution in [-0.2, 0) is 0 Å². The lowest BCUT2D eigenvalue weighted by Crippen LogP contribution is -2.28. The van der Waals surface area contributed by atoms with Gasteiger partial charge in [0.1, 0.15) is 0 Å². The van der Waals surface area contributed by atoms with E-state index in [1.165, 1.54) is 19.2 Å². The summed E-state index contributed by atoms with van der Waals surface area (Å²) < 4.78 is 0. The third-order valence-electron chi connectivity index (χ3n) is 2.37. The predicted molar refractivity (Wildman–Crippen MR) is 49.5 cm³/mol. The van der Waals surface area contributed by atoms with Gasteiger partial charge in [0.25, 0.3) is 5.56 Å². The van der Waals surface area contributed by atoms with E-state index in [-0.39, 0.29) is 11.6 Å². The summed E-state index contributed by atoms with van der Waals surface area (Å²) in [4.78, 5) is 17.7. The largest absolute Gasteiger partial charge is 0.313 e. The van der Waals surface area contributed by atoms with Crippen molar-refractivity contribution in [3.05, 3.63) is 28.4 Å². The Morgan fingerprint density at radius 1 is 1.46 bits per heavy atom. The molecule has 1 saturated heterocycles. The summed E-state index contributed by atoms with van der Waals surface area (Å²) >= 11 is 0. The molecule has 2 heterocycles. The maximum absolute atomic E-state index is 11.0. The van der Waals surface area contributed by atoms with Crippen LogP contribution >= 0.6 is 0 Å². The average molecular weight is 179 g/mol. The Labute approximate surface area is 76.4 Å². The van der Waals surface area contributed by atoms with Gasteiger partial charge in [-0.25, -0.2) is 4.98 Å². The molecule has 0 radical (unpaired) electrons. The molecule has 1 aliphatic rings. The summed E-state index contributed by atoms with van der Waals surface area (Å²) in [5.41, 5.74) is 0.792. The van der Waals surface area contributed by atoms with Gasteiger partial charge in [0, 0.05) is 12.1 Å². The molecular formula is C9H13N3O. The zero-order valence-corrected chi connectivity index (χ0v) is 7.42. The minimum Gasteiger partial charge on any atom is -0.313 e. The molecule has 4 heteroatoms. The Morgan fingerprint density at radius 3 is 3.08 bits per heavy atom. The summed E-state index contributed by atoms with van der Waals surface area (Å²) in [6.45, 7) is 1.03. The van der Waals surface area contributed by atoms with Crippen LogP contribution in [0.3, 0.4) is 0 Å². The van der Waals surface area contributed by atoms with Crippen molar-refractivity contribution >= 4 is 0 Å². The van der Waals surface area contributed by atoms with Crippen LogP contribution in [0.25, 0.3) is 0 Å². The Kier molecular flexibility index (Phi) is 2.40. The standard InChI is InChI=1S/C9H13N3O/c13-9-5-8(11-6-12-9)7-3-1-2-4-10-7/h5-7,10H,1-4H2,(H,11,12,13). The number of aromatic nitrogens is 2. The molecule has 0 amide bonds. The van der Waals surface area contributed by atoms with Crippen molar-refractivity contribution < 1.29 is 0 Å². The number of hydrogen-bond acceptors (Lipinski definition) is 3. The number of piperidine rings is 1. The number of rotatable bonds is 1. The van der Waals surface area contributed by atoms with Gasteiger partial charge in [-0.1, -0.05) is 6.42 Å². The Morgan fingerprint density at radius 2 is 2.38 bits per heavy atom. The monoisotopic (exact) mass is 179 g/mol. The smallest absolute Gasteiger partial charge is 0.250 e. The first-order valence-electron chi connectivity index (χ1n) is 4.64. The highest BCUT2D eigenvalue weighted by atomic mass is 16.1. The molecule has 1 fully saturated rings. The van der Waals surface area contributed by atoms with Crippen molar-refractivity contribution in [2.75, 3.05) is 6.54 Å². The van der Waals surface area contributed by atoms with Crippen molar-refractivity contribution in [3.63, 3.8) is 0 Å². The van der Waals surface area contributed by atoms with Gasteiger partial charge in [0.05, 0.1) is 12.0 Å². The van der Waals surface area contributed by atoms with Crippen LogP contribution in [0.2, 0.25) is 0 Å². The molecule has 1 atom stereocenters. The van der Waals surface area contributed by atoms with E-state index in [0.29, 0.717) is 0 Å². The first kappa shape index (κ1) is 8.44. The molecule has 2 N–H and O–H groups in total. The molecule has 0 aliphatic carbocycles. The van der Waals surface area contributed by atoms with Crippen molar-refractivity contribution in [1.82, 2.24) is 15.3 Å². The fourth-order valence-electron chi connectivity index (χ4n) is 1.68. The van der Waals surface area contributed by atoms with E-state index in [0.717, 1.165) is 18.7 Å². The molecular weight excluding hydrogens is 166 g/mol. The number of nitrogens with zero attached hydrogens (tertiary/aromatic N) is 1. The second kappa shape index (κ2) is 3.70. The maximum Gasteiger partial charge on any atom is 0.250 e. The Balaban J connectivity index is 2.19. The van der Waals surface area contributed by atoms with Crippen molar-refractivity contribution in [1.29, 1.82) is 0 Å². The van der Waals surface area contributed by atoms with E-state index in [4.69, 9.17) is 0 Å². The normalized spacial score (nSPS) is 22.9. The molecule has 2 rings (SSSR count). The average Bonchev–Trinajstić information content (AvgIpc) is 2.19. The Bertz CT molecular complexity index is 328. The van der Waals surface area contributed by atoms with Gasteiger partial charge in [0.2, 0.25) is 0 Å². The minimum absolute atomic E-state index is 0.0719. The fourth-order valence-corrected chi connectivity index (χ4v) is 1.68. The van der Waals surface area contributed by atoms with Gasteiger partial charge in [-0.15, -0.1) is 0 Å². The summed E-state index contributed by atoms with van der Waals surface area (Å²) in [7, 11) is 0. The molecule has 0 bridgehead atoms. The Hall–Kier alpha value is -1.16. The second-order valence-corrected chi connectivity index (χ2v) is 3.34. The van der Waals surface area contributed by atoms with Crippen LogP contribution < -0.4 is 10.9 Å². The van der Waals surface area contributed by atoms with E-state index >= 15 is 0 Å². The number of hydrogen-bond donors (Lipinski definition) is 2. The predicted octanol–water partition coefficient (Wildman–Crippen LogP) is 0.585. The zero-order chi connectivity index (χ0) is 9.10. The molecule has 1 aliphatic heterocycles. The molecule has 0 spiro atoms. The molecule has 70 valence electrons. The summed E-state index contributed by atoms with van der Waals surface area (Å²) in [6, 6.07) is 1.85. The quantitative estimate of drug-likeness (QED) is 0.663. The van der Waals surface area contributed by atoms with E-state index in [1.807, 2.05) is 0 Å². The third kappa shape index (κ3) is 1.95. The van der Waals surface area contributed by atoms with Gasteiger partial charge < -0.3 is 10.3 Å². The summed E-state index contributed by atoms with van der Waals surface area (Å²) in [6.07, 6.45) is 4.98. The molecule has 1 unspecified atom stereocenters. The number of H-pyrrole nitrogens is 1. The summed E-state index contributed by atoms with van der Waals surface area (Å²) in [5.74, 6) is 0. The first-order chi connectivity index (χ1) is 6.36. The third-order valence-corrected chi connectivity index (χ3v) is 2.37. The summed E-state index contributed by atoms with van der Waals surface area (Å²) in [5, 5.41) is 3.35. The van der Waals surface area contributed by atoms with Gasteiger partial charge in [-0.2, -0.15) is 0 Å². The molecule has 13 heavy (non-hydrogen) atoms. The molecule has 1 aromatic heterocycles. The lowest BCUT2D eigenvalue weighted by Gasteiger charge is -2.22. The van der Waals surface area contributed by atoms with E-state index in [1.54, 1.807) is 6.07 Å². The number of nitrogens with one attached hydrogen (secondary N) is 2. The van der Waals surface area contributed by atoms with E-state index in [2.05, 4.69) is 15.3 Å². The molecule has 0 aromatic carbocycles. The minimum atomic E-state index is -0.0719. The SMILES string of the molecule is O=c1cc(C2CCCCN2)nc[nH]1. The topological polar surface area (TPSA) is 57.8 Å². The van der Waals surface area contributed by atoms with Crippen molar-refractivity contribution in [2.24, 2.45) is 0 Å². The maximum atomic E-state index is 11.0. The highest BCUT2D eigenvalue weighted by Gasteiger charge is 2.15. The van der Waals surface area contributed by atoms with Gasteiger partial charge >= 0.3 is 0 Å². The van der Waals surface area contributed by atoms with Crippen LogP contribution in [0, 0.1) is 0 Å². The van der Waals surface area contributed by atoms with Gasteiger partial charge in [0.15, 0.2) is 0 Å². The number of aromatic amines is 1. The second-order valence-electron chi connectivity index (χ2n) is 3.34.